The van der Waals surface area contributed by atoms with Crippen molar-refractivity contribution in [2.24, 2.45) is 0 Å². The van der Waals surface area contributed by atoms with Crippen LogP contribution in [0.3, 0.4) is 0 Å². The third-order valence-electron chi connectivity index (χ3n) is 12.7. The number of amides is 5. The van der Waals surface area contributed by atoms with Crippen molar-refractivity contribution in [3.63, 3.8) is 0 Å². The molecule has 4 unspecified atom stereocenters. The molecule has 16 heteroatoms. The predicted molar refractivity (Wildman–Crippen MR) is 248 cm³/mol. The lowest BCUT2D eigenvalue weighted by Gasteiger charge is -2.35. The summed E-state index contributed by atoms with van der Waals surface area (Å²) in [5, 5.41) is 30.3. The SMILES string of the molecule is CC1=CC(NC(=O)c2ccc(CN3CCN(CCCC(C)(O)C#CCOc4cccc5c4C(=O)N(C4CCCC(=O)NC4=O)C5=O)CC3)cc2)CC=C1NC1NCC=C(C2=CC=CNC2)N1. The van der Waals surface area contributed by atoms with E-state index in [0.717, 1.165) is 86.2 Å². The van der Waals surface area contributed by atoms with Crippen molar-refractivity contribution in [1.29, 1.82) is 0 Å². The molecule has 0 radical (unpaired) electrons. The number of piperazine rings is 1. The summed E-state index contributed by atoms with van der Waals surface area (Å²) in [6.07, 6.45) is 15.0. The third-order valence-corrected chi connectivity index (χ3v) is 12.7. The highest BCUT2D eigenvalue weighted by atomic mass is 16.5. The first-order valence-corrected chi connectivity index (χ1v) is 22.9. The van der Waals surface area contributed by atoms with Gasteiger partial charge in [0.05, 0.1) is 17.2 Å². The van der Waals surface area contributed by atoms with Crippen molar-refractivity contribution in [2.45, 2.75) is 82.9 Å². The van der Waals surface area contributed by atoms with Crippen LogP contribution in [0.25, 0.3) is 0 Å². The summed E-state index contributed by atoms with van der Waals surface area (Å²) in [6.45, 7) is 10.4. The number of imide groups is 2. The second-order valence-electron chi connectivity index (χ2n) is 17.7. The molecule has 346 valence electrons. The summed E-state index contributed by atoms with van der Waals surface area (Å²) in [5.74, 6) is 3.47. The largest absolute Gasteiger partial charge is 0.480 e. The maximum Gasteiger partial charge on any atom is 0.266 e. The normalized spacial score (nSPS) is 23.3. The van der Waals surface area contributed by atoms with Crippen molar-refractivity contribution < 1.29 is 33.8 Å². The molecule has 5 aliphatic heterocycles. The van der Waals surface area contributed by atoms with E-state index in [1.54, 1.807) is 19.1 Å². The van der Waals surface area contributed by atoms with Gasteiger partial charge in [-0.2, -0.15) is 0 Å². The topological polar surface area (TPSA) is 197 Å². The van der Waals surface area contributed by atoms with E-state index >= 15 is 0 Å². The van der Waals surface area contributed by atoms with Crippen molar-refractivity contribution in [2.75, 3.05) is 52.4 Å². The number of hydrogen-bond donors (Lipinski definition) is 7. The number of nitrogens with one attached hydrogen (secondary N) is 6. The molecular weight excluding hydrogens is 839 g/mol. The first kappa shape index (κ1) is 46.0. The smallest absolute Gasteiger partial charge is 0.266 e. The number of fused-ring (bicyclic) bond motifs is 1. The van der Waals surface area contributed by atoms with Crippen LogP contribution in [0.15, 0.2) is 102 Å². The molecule has 66 heavy (non-hydrogen) atoms. The van der Waals surface area contributed by atoms with Crippen molar-refractivity contribution >= 4 is 29.5 Å². The summed E-state index contributed by atoms with van der Waals surface area (Å²) in [5.41, 5.74) is 5.18. The summed E-state index contributed by atoms with van der Waals surface area (Å²) in [7, 11) is 0. The van der Waals surface area contributed by atoms with Gasteiger partial charge in [0.25, 0.3) is 17.7 Å². The summed E-state index contributed by atoms with van der Waals surface area (Å²) in [4.78, 5) is 70.1. The van der Waals surface area contributed by atoms with Crippen LogP contribution in [0, 0.1) is 11.8 Å². The molecule has 0 aromatic heterocycles. The number of allylic oxidation sites excluding steroid dienone is 3. The lowest BCUT2D eigenvalue weighted by atomic mass is 10.00. The number of ether oxygens (including phenoxy) is 1. The lowest BCUT2D eigenvalue weighted by Crippen LogP contribution is -2.55. The highest BCUT2D eigenvalue weighted by Crippen LogP contribution is 2.33. The molecule has 6 aliphatic rings. The number of hydrogen-bond acceptors (Lipinski definition) is 13. The fourth-order valence-electron chi connectivity index (χ4n) is 9.08. The third kappa shape index (κ3) is 11.3. The molecule has 2 saturated heterocycles. The molecule has 0 bridgehead atoms. The van der Waals surface area contributed by atoms with Gasteiger partial charge in [-0.1, -0.05) is 48.3 Å². The highest BCUT2D eigenvalue weighted by molar-refractivity contribution is 6.24. The van der Waals surface area contributed by atoms with Crippen molar-refractivity contribution in [3.05, 3.63) is 124 Å². The average molecular weight is 898 g/mol. The first-order valence-electron chi connectivity index (χ1n) is 22.9. The summed E-state index contributed by atoms with van der Waals surface area (Å²) in [6, 6.07) is 11.4. The molecule has 2 aromatic rings. The predicted octanol–water partition coefficient (Wildman–Crippen LogP) is 2.53. The second kappa shape index (κ2) is 20.8. The Kier molecular flexibility index (Phi) is 14.5. The van der Waals surface area contributed by atoms with Crippen LogP contribution in [0.5, 0.6) is 5.75 Å². The maximum atomic E-state index is 13.4. The summed E-state index contributed by atoms with van der Waals surface area (Å²) < 4.78 is 5.82. The quantitative estimate of drug-likeness (QED) is 0.108. The molecule has 2 fully saturated rings. The van der Waals surface area contributed by atoms with E-state index in [4.69, 9.17) is 4.74 Å². The van der Waals surface area contributed by atoms with Gasteiger partial charge in [-0.3, -0.25) is 44.4 Å². The Balaban J connectivity index is 0.722. The van der Waals surface area contributed by atoms with Gasteiger partial charge >= 0.3 is 0 Å². The van der Waals surface area contributed by atoms with Crippen LogP contribution in [-0.4, -0.2) is 126 Å². The van der Waals surface area contributed by atoms with Crippen LogP contribution in [0.2, 0.25) is 0 Å². The first-order chi connectivity index (χ1) is 31.9. The fraction of sp³-hybridized carbons (Fsp3) is 0.420. The van der Waals surface area contributed by atoms with E-state index in [1.807, 2.05) is 36.5 Å². The van der Waals surface area contributed by atoms with Gasteiger partial charge < -0.3 is 36.0 Å². The van der Waals surface area contributed by atoms with Gasteiger partial charge in [-0.05, 0) is 112 Å². The lowest BCUT2D eigenvalue weighted by molar-refractivity contribution is -0.131. The molecule has 2 aromatic carbocycles. The Hall–Kier alpha value is -6.51. The van der Waals surface area contributed by atoms with Gasteiger partial charge in [0.1, 0.15) is 24.0 Å². The number of aliphatic hydroxyl groups is 1. The number of dihydropyridines is 1. The maximum absolute atomic E-state index is 13.4. The molecule has 0 spiro atoms. The Morgan fingerprint density at radius 2 is 1.82 bits per heavy atom. The molecule has 0 saturated carbocycles. The minimum atomic E-state index is -1.25. The standard InChI is InChI=1S/C50H59N9O7/c1-33-30-37(17-18-39(33)54-49-52-23-19-40(55-49)36-8-5-22-51-31-36)53-45(61)35-15-13-34(14-16-35)32-58-27-25-57(26-28-58)24-6-20-50(2,65)21-7-29-66-42-11-3-9-38-44(42)48(64)59(47(38)63)41-10-4-12-43(60)56-46(41)62/h3,5,8-9,11,13-16,18-19,22,30,37,41,49,51-52,54-55,65H,4,6,10,12,17,20,23-29,31-32H2,1-2H3,(H,53,61)(H,56,60,62). The van der Waals surface area contributed by atoms with E-state index in [2.05, 4.69) is 84.8 Å². The van der Waals surface area contributed by atoms with E-state index in [0.29, 0.717) is 24.8 Å². The van der Waals surface area contributed by atoms with E-state index < -0.39 is 35.3 Å². The average Bonchev–Trinajstić information content (AvgIpc) is 3.44. The Bertz CT molecular complexity index is 2440. The zero-order valence-corrected chi connectivity index (χ0v) is 37.6. The second-order valence-corrected chi connectivity index (χ2v) is 17.7. The molecule has 16 nitrogen and oxygen atoms in total. The minimum Gasteiger partial charge on any atom is -0.480 e. The van der Waals surface area contributed by atoms with Crippen LogP contribution < -0.4 is 36.6 Å². The molecule has 1 aliphatic carbocycles. The molecule has 5 amide bonds. The van der Waals surface area contributed by atoms with Gasteiger partial charge in [0, 0.05) is 69.2 Å². The Morgan fingerprint density at radius 3 is 2.59 bits per heavy atom. The number of rotatable bonds is 14. The van der Waals surface area contributed by atoms with Crippen molar-refractivity contribution in [3.8, 4) is 17.6 Å². The Labute approximate surface area is 385 Å². The van der Waals surface area contributed by atoms with Gasteiger partial charge in [-0.15, -0.1) is 0 Å². The summed E-state index contributed by atoms with van der Waals surface area (Å²) >= 11 is 0. The zero-order valence-electron chi connectivity index (χ0n) is 37.6. The molecule has 5 heterocycles. The number of carbonyl (C=O) groups is 5. The monoisotopic (exact) mass is 897 g/mol. The number of carbonyl (C=O) groups excluding carboxylic acids is 5. The van der Waals surface area contributed by atoms with Gasteiger partial charge in [-0.25, -0.2) is 0 Å². The fourth-order valence-corrected chi connectivity index (χ4v) is 9.08. The van der Waals surface area contributed by atoms with E-state index in [-0.39, 0.29) is 54.6 Å². The number of nitrogens with zero attached hydrogens (tertiary/aromatic N) is 3. The zero-order chi connectivity index (χ0) is 46.2. The van der Waals surface area contributed by atoms with Gasteiger partial charge in [0.15, 0.2) is 6.29 Å². The Morgan fingerprint density at radius 1 is 1.02 bits per heavy atom. The molecule has 7 N–H and O–H groups in total. The van der Waals surface area contributed by atoms with Crippen LogP contribution in [0.4, 0.5) is 0 Å². The van der Waals surface area contributed by atoms with E-state index in [9.17, 15) is 29.1 Å². The van der Waals surface area contributed by atoms with E-state index in [1.165, 1.54) is 11.6 Å². The highest BCUT2D eigenvalue weighted by Gasteiger charge is 2.45. The molecular formula is C50H59N9O7. The molecule has 4 atom stereocenters. The van der Waals surface area contributed by atoms with Crippen LogP contribution in [0.1, 0.15) is 89.0 Å². The van der Waals surface area contributed by atoms with Crippen LogP contribution in [-0.2, 0) is 16.1 Å². The van der Waals surface area contributed by atoms with Gasteiger partial charge in [0.2, 0.25) is 11.8 Å². The van der Waals surface area contributed by atoms with Crippen LogP contribution >= 0.6 is 0 Å². The molecule has 8 rings (SSSR count). The minimum absolute atomic E-state index is 0.0586. The van der Waals surface area contributed by atoms with Crippen molar-refractivity contribution in [1.82, 2.24) is 46.6 Å². The number of benzene rings is 2.